The summed E-state index contributed by atoms with van der Waals surface area (Å²) in [5, 5.41) is 6.80. The third kappa shape index (κ3) is 4.51. The zero-order valence-electron chi connectivity index (χ0n) is 15.7. The molecule has 140 valence electrons. The van der Waals surface area contributed by atoms with E-state index in [1.54, 1.807) is 14.0 Å². The minimum Gasteiger partial charge on any atom is -0.380 e. The molecular weight excluding hydrogens is 330 g/mol. The molecule has 3 rings (SSSR count). The van der Waals surface area contributed by atoms with Crippen LogP contribution in [0.2, 0.25) is 0 Å². The summed E-state index contributed by atoms with van der Waals surface area (Å²) in [5.41, 5.74) is 2.93. The Morgan fingerprint density at radius 1 is 1.38 bits per heavy atom. The lowest BCUT2D eigenvalue weighted by molar-refractivity contribution is 0.101. The van der Waals surface area contributed by atoms with Crippen molar-refractivity contribution in [2.45, 2.75) is 39.8 Å². The summed E-state index contributed by atoms with van der Waals surface area (Å²) in [6.07, 6.45) is 2.51. The van der Waals surface area contributed by atoms with Crippen LogP contribution >= 0.6 is 0 Å². The van der Waals surface area contributed by atoms with Gasteiger partial charge in [-0.3, -0.25) is 9.69 Å². The molecule has 0 radical (unpaired) electrons. The highest BCUT2D eigenvalue weighted by molar-refractivity contribution is 6.03. The van der Waals surface area contributed by atoms with E-state index < -0.39 is 0 Å². The van der Waals surface area contributed by atoms with E-state index in [0.29, 0.717) is 17.9 Å². The number of carbonyl (C=O) groups excluding carboxylic acids is 1. The zero-order valence-corrected chi connectivity index (χ0v) is 15.7. The molecule has 1 aromatic carbocycles. The number of aromatic nitrogens is 1. The van der Waals surface area contributed by atoms with Crippen LogP contribution in [-0.4, -0.2) is 36.2 Å². The Morgan fingerprint density at radius 3 is 2.88 bits per heavy atom. The molecule has 1 aromatic heterocycles. The van der Waals surface area contributed by atoms with Gasteiger partial charge in [-0.25, -0.2) is 0 Å². The molecule has 1 N–H and O–H groups in total. The predicted molar refractivity (Wildman–Crippen MR) is 100 cm³/mol. The van der Waals surface area contributed by atoms with Crippen LogP contribution in [0.15, 0.2) is 28.8 Å². The number of carbonyl (C=O) groups is 1. The summed E-state index contributed by atoms with van der Waals surface area (Å²) in [4.78, 5) is 15.0. The van der Waals surface area contributed by atoms with Crippen molar-refractivity contribution >= 4 is 11.6 Å². The SMILES string of the molecule is COCc1c(C(=O)Nc2cccc(CN3CCC(C)CC3)c2)noc1C. The maximum absolute atomic E-state index is 12.6. The number of methoxy groups -OCH3 is 1. The molecule has 1 aliphatic rings. The van der Waals surface area contributed by atoms with Crippen LogP contribution in [0.25, 0.3) is 0 Å². The average Bonchev–Trinajstić information content (AvgIpc) is 2.99. The summed E-state index contributed by atoms with van der Waals surface area (Å²) in [6, 6.07) is 7.99. The zero-order chi connectivity index (χ0) is 18.5. The van der Waals surface area contributed by atoms with E-state index >= 15 is 0 Å². The number of rotatable bonds is 6. The van der Waals surface area contributed by atoms with E-state index in [1.165, 1.54) is 18.4 Å². The minimum atomic E-state index is -0.280. The third-order valence-electron chi connectivity index (χ3n) is 4.96. The van der Waals surface area contributed by atoms with E-state index in [2.05, 4.69) is 28.4 Å². The molecule has 0 spiro atoms. The number of ether oxygens (including phenoxy) is 1. The summed E-state index contributed by atoms with van der Waals surface area (Å²) in [6.45, 7) is 7.57. The molecule has 1 amide bonds. The molecule has 1 fully saturated rings. The van der Waals surface area contributed by atoms with Gasteiger partial charge >= 0.3 is 0 Å². The van der Waals surface area contributed by atoms with E-state index in [4.69, 9.17) is 9.26 Å². The molecule has 6 nitrogen and oxygen atoms in total. The highest BCUT2D eigenvalue weighted by Crippen LogP contribution is 2.20. The van der Waals surface area contributed by atoms with Crippen LogP contribution in [-0.2, 0) is 17.9 Å². The van der Waals surface area contributed by atoms with Crippen molar-refractivity contribution < 1.29 is 14.1 Å². The molecule has 1 saturated heterocycles. The summed E-state index contributed by atoms with van der Waals surface area (Å²) >= 11 is 0. The Labute approximate surface area is 154 Å². The first-order valence-corrected chi connectivity index (χ1v) is 9.13. The van der Waals surface area contributed by atoms with Gasteiger partial charge in [0.2, 0.25) is 0 Å². The second kappa shape index (κ2) is 8.47. The third-order valence-corrected chi connectivity index (χ3v) is 4.96. The Hall–Kier alpha value is -2.18. The Morgan fingerprint density at radius 2 is 2.15 bits per heavy atom. The lowest BCUT2D eigenvalue weighted by atomic mass is 9.99. The fourth-order valence-electron chi connectivity index (χ4n) is 3.30. The lowest BCUT2D eigenvalue weighted by Crippen LogP contribution is -2.32. The minimum absolute atomic E-state index is 0.278. The number of piperidine rings is 1. The monoisotopic (exact) mass is 357 g/mol. The summed E-state index contributed by atoms with van der Waals surface area (Å²) in [7, 11) is 1.58. The van der Waals surface area contributed by atoms with Crippen molar-refractivity contribution in [2.75, 3.05) is 25.5 Å². The topological polar surface area (TPSA) is 67.6 Å². The first-order chi connectivity index (χ1) is 12.6. The molecule has 0 bridgehead atoms. The van der Waals surface area contributed by atoms with Gasteiger partial charge in [0.1, 0.15) is 5.76 Å². The van der Waals surface area contributed by atoms with Crippen LogP contribution in [0.5, 0.6) is 0 Å². The van der Waals surface area contributed by atoms with Gasteiger partial charge in [-0.15, -0.1) is 0 Å². The maximum Gasteiger partial charge on any atom is 0.278 e. The van der Waals surface area contributed by atoms with Gasteiger partial charge in [-0.05, 0) is 56.5 Å². The van der Waals surface area contributed by atoms with Gasteiger partial charge in [0.15, 0.2) is 5.69 Å². The first kappa shape index (κ1) is 18.6. The molecule has 1 aliphatic heterocycles. The Kier molecular flexibility index (Phi) is 6.06. The second-order valence-electron chi connectivity index (χ2n) is 7.11. The van der Waals surface area contributed by atoms with E-state index in [9.17, 15) is 4.79 Å². The quantitative estimate of drug-likeness (QED) is 0.855. The molecule has 2 aromatic rings. The van der Waals surface area contributed by atoms with Crippen LogP contribution < -0.4 is 5.32 Å². The van der Waals surface area contributed by atoms with Gasteiger partial charge in [-0.2, -0.15) is 0 Å². The highest BCUT2D eigenvalue weighted by Gasteiger charge is 2.20. The normalized spacial score (nSPS) is 16.0. The molecule has 2 heterocycles. The maximum atomic E-state index is 12.6. The fourth-order valence-corrected chi connectivity index (χ4v) is 3.30. The average molecular weight is 357 g/mol. The smallest absolute Gasteiger partial charge is 0.278 e. The number of nitrogens with one attached hydrogen (secondary N) is 1. The van der Waals surface area contributed by atoms with Crippen LogP contribution in [0.3, 0.4) is 0 Å². The van der Waals surface area contributed by atoms with E-state index in [1.807, 2.05) is 18.2 Å². The standard InChI is InChI=1S/C20H27N3O3/c1-14-7-9-23(10-8-14)12-16-5-4-6-17(11-16)21-20(24)19-18(13-25-3)15(2)26-22-19/h4-6,11,14H,7-10,12-13H2,1-3H3,(H,21,24). The van der Waals surface area contributed by atoms with Gasteiger partial charge < -0.3 is 14.6 Å². The number of hydrogen-bond donors (Lipinski definition) is 1. The largest absolute Gasteiger partial charge is 0.380 e. The number of benzene rings is 1. The number of likely N-dealkylation sites (tertiary alicyclic amines) is 1. The fraction of sp³-hybridized carbons (Fsp3) is 0.500. The lowest BCUT2D eigenvalue weighted by Gasteiger charge is -2.30. The molecule has 0 atom stereocenters. The molecule has 0 aliphatic carbocycles. The molecule has 26 heavy (non-hydrogen) atoms. The molecule has 6 heteroatoms. The second-order valence-corrected chi connectivity index (χ2v) is 7.11. The van der Waals surface area contributed by atoms with Gasteiger partial charge in [0, 0.05) is 19.3 Å². The number of aryl methyl sites for hydroxylation is 1. The summed E-state index contributed by atoms with van der Waals surface area (Å²) < 4.78 is 10.3. The summed E-state index contributed by atoms with van der Waals surface area (Å²) in [5.74, 6) is 1.15. The number of hydrogen-bond acceptors (Lipinski definition) is 5. The molecule has 0 saturated carbocycles. The number of anilines is 1. The molecular formula is C20H27N3O3. The van der Waals surface area contributed by atoms with Gasteiger partial charge in [-0.1, -0.05) is 24.2 Å². The van der Waals surface area contributed by atoms with Crippen molar-refractivity contribution in [3.05, 3.63) is 46.8 Å². The van der Waals surface area contributed by atoms with Crippen molar-refractivity contribution in [3.8, 4) is 0 Å². The van der Waals surface area contributed by atoms with E-state index in [-0.39, 0.29) is 11.6 Å². The van der Waals surface area contributed by atoms with Crippen molar-refractivity contribution in [3.63, 3.8) is 0 Å². The van der Waals surface area contributed by atoms with Crippen molar-refractivity contribution in [1.29, 1.82) is 0 Å². The van der Waals surface area contributed by atoms with Gasteiger partial charge in [0.05, 0.1) is 12.2 Å². The Bertz CT molecular complexity index is 749. The predicted octanol–water partition coefficient (Wildman–Crippen LogP) is 3.61. The van der Waals surface area contributed by atoms with Crippen molar-refractivity contribution in [2.24, 2.45) is 5.92 Å². The Balaban J connectivity index is 1.66. The first-order valence-electron chi connectivity index (χ1n) is 9.13. The van der Waals surface area contributed by atoms with Crippen LogP contribution in [0.1, 0.15) is 47.1 Å². The molecule has 0 unspecified atom stereocenters. The van der Waals surface area contributed by atoms with Gasteiger partial charge in [0.25, 0.3) is 5.91 Å². The number of nitrogens with zero attached hydrogens (tertiary/aromatic N) is 2. The number of amides is 1. The van der Waals surface area contributed by atoms with Crippen LogP contribution in [0.4, 0.5) is 5.69 Å². The van der Waals surface area contributed by atoms with E-state index in [0.717, 1.165) is 31.2 Å². The van der Waals surface area contributed by atoms with Crippen molar-refractivity contribution in [1.82, 2.24) is 10.1 Å². The van der Waals surface area contributed by atoms with Crippen LogP contribution in [0, 0.1) is 12.8 Å². The highest BCUT2D eigenvalue weighted by atomic mass is 16.5.